The Kier molecular flexibility index (Phi) is 5.51. The van der Waals surface area contributed by atoms with Crippen LogP contribution >= 0.6 is 0 Å². The summed E-state index contributed by atoms with van der Waals surface area (Å²) < 4.78 is 5.17. The van der Waals surface area contributed by atoms with Crippen LogP contribution in [-0.2, 0) is 6.42 Å². The van der Waals surface area contributed by atoms with Crippen molar-refractivity contribution in [1.29, 1.82) is 0 Å². The number of anilines is 3. The molecule has 0 saturated carbocycles. The number of nitrogens with one attached hydrogen (secondary N) is 1. The lowest BCUT2D eigenvalue weighted by molar-refractivity contribution is 0.414. The van der Waals surface area contributed by atoms with Crippen LogP contribution in [0.1, 0.15) is 5.56 Å². The fraction of sp³-hybridized carbons (Fsp3) is 0.304. The van der Waals surface area contributed by atoms with E-state index in [0.717, 1.165) is 43.9 Å². The van der Waals surface area contributed by atoms with Gasteiger partial charge in [-0.2, -0.15) is 0 Å². The van der Waals surface area contributed by atoms with Crippen LogP contribution < -0.4 is 30.7 Å². The molecule has 150 valence electrons. The van der Waals surface area contributed by atoms with Crippen LogP contribution in [0.4, 0.5) is 17.1 Å². The Bertz CT molecular complexity index is 1020. The first-order chi connectivity index (χ1) is 14.2. The summed E-state index contributed by atoms with van der Waals surface area (Å²) in [4.78, 5) is 28.7. The summed E-state index contributed by atoms with van der Waals surface area (Å²) >= 11 is 0. The molecular formula is C23H25N3O3. The Hall–Kier alpha value is -3.28. The second kappa shape index (κ2) is 8.39. The Morgan fingerprint density at radius 2 is 1.52 bits per heavy atom. The lowest BCUT2D eigenvalue weighted by atomic mass is 10.1. The van der Waals surface area contributed by atoms with Gasteiger partial charge < -0.3 is 19.9 Å². The van der Waals surface area contributed by atoms with Crippen LogP contribution in [0.15, 0.2) is 64.2 Å². The van der Waals surface area contributed by atoms with Gasteiger partial charge in [-0.05, 0) is 36.2 Å². The van der Waals surface area contributed by atoms with Crippen molar-refractivity contribution in [2.75, 3.05) is 55.0 Å². The van der Waals surface area contributed by atoms with E-state index in [1.807, 2.05) is 47.4 Å². The van der Waals surface area contributed by atoms with Crippen LogP contribution in [0.2, 0.25) is 0 Å². The molecular weight excluding hydrogens is 366 g/mol. The zero-order valence-corrected chi connectivity index (χ0v) is 16.6. The lowest BCUT2D eigenvalue weighted by Gasteiger charge is -2.38. The Morgan fingerprint density at radius 1 is 0.862 bits per heavy atom. The molecule has 0 amide bonds. The van der Waals surface area contributed by atoms with Gasteiger partial charge in [0.2, 0.25) is 0 Å². The number of benzene rings is 2. The molecule has 0 spiro atoms. The maximum absolute atomic E-state index is 12.2. The monoisotopic (exact) mass is 391 g/mol. The number of para-hydroxylation sites is 1. The van der Waals surface area contributed by atoms with Crippen molar-refractivity contribution in [1.82, 2.24) is 0 Å². The minimum Gasteiger partial charge on any atom is -0.497 e. The summed E-state index contributed by atoms with van der Waals surface area (Å²) in [6.45, 7) is 3.72. The molecule has 1 saturated heterocycles. The quantitative estimate of drug-likeness (QED) is 0.624. The lowest BCUT2D eigenvalue weighted by Crippen LogP contribution is -2.51. The van der Waals surface area contributed by atoms with E-state index < -0.39 is 5.43 Å². The average molecular weight is 391 g/mol. The van der Waals surface area contributed by atoms with Crippen LogP contribution in [0.5, 0.6) is 5.75 Å². The molecule has 1 aliphatic heterocycles. The molecule has 3 aromatic carbocycles. The third-order valence-electron chi connectivity index (χ3n) is 5.48. The zero-order valence-electron chi connectivity index (χ0n) is 16.6. The molecule has 4 rings (SSSR count). The predicted octanol–water partition coefficient (Wildman–Crippen LogP) is 2.27. The Labute approximate surface area is 170 Å². The van der Waals surface area contributed by atoms with E-state index in [-0.39, 0.29) is 5.43 Å². The van der Waals surface area contributed by atoms with Gasteiger partial charge in [0, 0.05) is 38.4 Å². The maximum atomic E-state index is 12.2. The molecule has 1 heterocycles. The van der Waals surface area contributed by atoms with Crippen molar-refractivity contribution in [3.8, 4) is 5.75 Å². The molecule has 1 N–H and O–H groups in total. The summed E-state index contributed by atoms with van der Waals surface area (Å²) in [5.41, 5.74) is 2.59. The van der Waals surface area contributed by atoms with Crippen molar-refractivity contribution >= 4 is 17.1 Å². The van der Waals surface area contributed by atoms with Gasteiger partial charge in [-0.15, -0.1) is 0 Å². The number of hydrogen-bond donors (Lipinski definition) is 1. The average Bonchev–Trinajstić information content (AvgIpc) is 2.79. The zero-order chi connectivity index (χ0) is 20.2. The predicted molar refractivity (Wildman–Crippen MR) is 117 cm³/mol. The van der Waals surface area contributed by atoms with Crippen molar-refractivity contribution in [2.45, 2.75) is 6.42 Å². The minimum absolute atomic E-state index is 0.370. The topological polar surface area (TPSA) is 61.9 Å². The van der Waals surface area contributed by atoms with E-state index in [0.29, 0.717) is 17.9 Å². The van der Waals surface area contributed by atoms with E-state index in [1.165, 1.54) is 5.69 Å². The molecule has 0 unspecified atom stereocenters. The normalized spacial score (nSPS) is 14.2. The number of hydrogen-bond acceptors (Lipinski definition) is 6. The smallest absolute Gasteiger partial charge is 0.253 e. The van der Waals surface area contributed by atoms with Crippen molar-refractivity contribution in [3.05, 3.63) is 80.6 Å². The van der Waals surface area contributed by atoms with E-state index >= 15 is 0 Å². The molecule has 0 bridgehead atoms. The number of rotatable bonds is 7. The number of piperazine rings is 1. The van der Waals surface area contributed by atoms with Crippen LogP contribution in [0, 0.1) is 0 Å². The van der Waals surface area contributed by atoms with E-state index in [9.17, 15) is 9.59 Å². The first-order valence-electron chi connectivity index (χ1n) is 9.92. The largest absolute Gasteiger partial charge is 0.497 e. The SMILES string of the molecule is COc1ccc(CCNc2c(N3CCN(c4ccccc4)CC3)c(=O)c2=O)cc1. The number of nitrogens with zero attached hydrogens (tertiary/aromatic N) is 2. The molecule has 0 radical (unpaired) electrons. The van der Waals surface area contributed by atoms with Gasteiger partial charge in [-0.3, -0.25) is 9.59 Å². The maximum Gasteiger partial charge on any atom is 0.253 e. The molecule has 6 heteroatoms. The molecule has 1 fully saturated rings. The van der Waals surface area contributed by atoms with Crippen LogP contribution in [0.25, 0.3) is 0 Å². The second-order valence-electron chi connectivity index (χ2n) is 7.22. The first kappa shape index (κ1) is 19.1. The highest BCUT2D eigenvalue weighted by molar-refractivity contribution is 5.75. The van der Waals surface area contributed by atoms with E-state index in [4.69, 9.17) is 4.74 Å². The molecule has 1 aliphatic rings. The summed E-state index contributed by atoms with van der Waals surface area (Å²) in [5, 5.41) is 3.19. The summed E-state index contributed by atoms with van der Waals surface area (Å²) in [7, 11) is 1.64. The summed E-state index contributed by atoms with van der Waals surface area (Å²) in [6, 6.07) is 18.1. The molecule has 6 nitrogen and oxygen atoms in total. The first-order valence-corrected chi connectivity index (χ1v) is 9.92. The van der Waals surface area contributed by atoms with Gasteiger partial charge in [0.1, 0.15) is 17.1 Å². The van der Waals surface area contributed by atoms with Gasteiger partial charge in [0.15, 0.2) is 0 Å². The van der Waals surface area contributed by atoms with Crippen molar-refractivity contribution in [3.63, 3.8) is 0 Å². The molecule has 0 atom stereocenters. The highest BCUT2D eigenvalue weighted by atomic mass is 16.5. The van der Waals surface area contributed by atoms with Crippen LogP contribution in [-0.4, -0.2) is 39.8 Å². The highest BCUT2D eigenvalue weighted by Crippen LogP contribution is 2.23. The molecule has 0 aliphatic carbocycles. The van der Waals surface area contributed by atoms with Crippen molar-refractivity contribution in [2.24, 2.45) is 0 Å². The standard InChI is InChI=1S/C23H25N3O3/c1-29-19-9-7-17(8-10-19)11-12-24-20-21(23(28)22(20)27)26-15-13-25(14-16-26)18-5-3-2-4-6-18/h2-10,24H,11-16H2,1H3. The van der Waals surface area contributed by atoms with Crippen LogP contribution in [0.3, 0.4) is 0 Å². The van der Waals surface area contributed by atoms with E-state index in [2.05, 4.69) is 22.3 Å². The van der Waals surface area contributed by atoms with Gasteiger partial charge in [-0.1, -0.05) is 30.3 Å². The third kappa shape index (κ3) is 3.97. The minimum atomic E-state index is -0.403. The molecule has 0 aromatic heterocycles. The number of methoxy groups -OCH3 is 1. The van der Waals surface area contributed by atoms with Gasteiger partial charge in [-0.25, -0.2) is 0 Å². The third-order valence-corrected chi connectivity index (χ3v) is 5.48. The molecule has 3 aromatic rings. The highest BCUT2D eigenvalue weighted by Gasteiger charge is 2.28. The second-order valence-corrected chi connectivity index (χ2v) is 7.22. The number of ether oxygens (including phenoxy) is 1. The fourth-order valence-electron chi connectivity index (χ4n) is 3.80. The van der Waals surface area contributed by atoms with Gasteiger partial charge in [0.05, 0.1) is 7.11 Å². The van der Waals surface area contributed by atoms with E-state index in [1.54, 1.807) is 7.11 Å². The van der Waals surface area contributed by atoms with Crippen molar-refractivity contribution < 1.29 is 4.74 Å². The summed E-state index contributed by atoms with van der Waals surface area (Å²) in [5.74, 6) is 0.820. The Morgan fingerprint density at radius 3 is 2.17 bits per heavy atom. The Balaban J connectivity index is 1.35. The van der Waals surface area contributed by atoms with Gasteiger partial charge in [0.25, 0.3) is 10.9 Å². The van der Waals surface area contributed by atoms with Gasteiger partial charge >= 0.3 is 0 Å². The molecule has 29 heavy (non-hydrogen) atoms. The fourth-order valence-corrected chi connectivity index (χ4v) is 3.80. The summed E-state index contributed by atoms with van der Waals surface area (Å²) in [6.07, 6.45) is 0.768.